The van der Waals surface area contributed by atoms with Gasteiger partial charge in [-0.15, -0.1) is 0 Å². The van der Waals surface area contributed by atoms with Gasteiger partial charge in [-0.05, 0) is 54.4 Å². The smallest absolute Gasteiger partial charge is 0.238 e. The summed E-state index contributed by atoms with van der Waals surface area (Å²) in [6.07, 6.45) is 1.91. The summed E-state index contributed by atoms with van der Waals surface area (Å²) in [6, 6.07) is 16.3. The highest BCUT2D eigenvalue weighted by Gasteiger charge is 2.21. The number of carbonyl (C=O) groups excluding carboxylic acids is 1. The summed E-state index contributed by atoms with van der Waals surface area (Å²) in [5.74, 6) is 0.0384. The first-order chi connectivity index (χ1) is 14.1. The van der Waals surface area contributed by atoms with Crippen LogP contribution in [0.3, 0.4) is 0 Å². The predicted molar refractivity (Wildman–Crippen MR) is 125 cm³/mol. The van der Waals surface area contributed by atoms with Gasteiger partial charge in [-0.2, -0.15) is 0 Å². The second-order valence-corrected chi connectivity index (χ2v) is 7.69. The summed E-state index contributed by atoms with van der Waals surface area (Å²) in [6.45, 7) is 7.92. The summed E-state index contributed by atoms with van der Waals surface area (Å²) >= 11 is 5.59. The van der Waals surface area contributed by atoms with Crippen molar-refractivity contribution in [1.29, 1.82) is 0 Å². The molecular weight excluding hydrogens is 380 g/mol. The number of aryl methyl sites for hydroxylation is 2. The molecule has 5 nitrogen and oxygen atoms in total. The highest BCUT2D eigenvalue weighted by molar-refractivity contribution is 7.80. The number of nitrogens with one attached hydrogen (secondary N) is 2. The molecule has 0 bridgehead atoms. The Morgan fingerprint density at radius 2 is 1.72 bits per heavy atom. The Bertz CT molecular complexity index is 846. The number of amides is 1. The number of hydrogen-bond acceptors (Lipinski definition) is 3. The average Bonchev–Trinajstić information content (AvgIpc) is 2.74. The monoisotopic (exact) mass is 410 g/mol. The third kappa shape index (κ3) is 6.02. The first-order valence-corrected chi connectivity index (χ1v) is 10.7. The van der Waals surface area contributed by atoms with Crippen molar-refractivity contribution in [2.24, 2.45) is 0 Å². The fraction of sp³-hybridized carbons (Fsp3) is 0.391. The molecule has 0 spiro atoms. The van der Waals surface area contributed by atoms with Gasteiger partial charge < -0.3 is 15.5 Å². The zero-order valence-corrected chi connectivity index (χ0v) is 18.1. The van der Waals surface area contributed by atoms with E-state index < -0.39 is 0 Å². The lowest BCUT2D eigenvalue weighted by atomic mass is 10.1. The van der Waals surface area contributed by atoms with Gasteiger partial charge in [0.2, 0.25) is 5.91 Å². The van der Waals surface area contributed by atoms with E-state index in [1.165, 1.54) is 5.56 Å². The molecule has 0 aromatic heterocycles. The van der Waals surface area contributed by atoms with Gasteiger partial charge in [0.25, 0.3) is 0 Å². The first kappa shape index (κ1) is 21.3. The SMILES string of the molecule is CCc1cccc(NC(=S)N2CCN(CC(=O)Nc3ccccc3CC)CC2)c1. The number of para-hydroxylation sites is 1. The Labute approximate surface area is 179 Å². The van der Waals surface area contributed by atoms with Crippen LogP contribution in [0.2, 0.25) is 0 Å². The van der Waals surface area contributed by atoms with Gasteiger partial charge in [0.1, 0.15) is 0 Å². The molecule has 2 aromatic carbocycles. The number of piperazine rings is 1. The predicted octanol–water partition coefficient (Wildman–Crippen LogP) is 3.76. The van der Waals surface area contributed by atoms with Crippen LogP contribution < -0.4 is 10.6 Å². The maximum absolute atomic E-state index is 12.5. The van der Waals surface area contributed by atoms with Gasteiger partial charge >= 0.3 is 0 Å². The molecule has 0 aliphatic carbocycles. The van der Waals surface area contributed by atoms with Gasteiger partial charge in [-0.25, -0.2) is 0 Å². The topological polar surface area (TPSA) is 47.6 Å². The van der Waals surface area contributed by atoms with Gasteiger partial charge in [-0.1, -0.05) is 44.2 Å². The number of benzene rings is 2. The van der Waals surface area contributed by atoms with Gasteiger partial charge in [0, 0.05) is 37.6 Å². The minimum atomic E-state index is 0.0384. The second-order valence-electron chi connectivity index (χ2n) is 7.31. The molecule has 154 valence electrons. The number of carbonyl (C=O) groups is 1. The third-order valence-corrected chi connectivity index (χ3v) is 5.65. The fourth-order valence-corrected chi connectivity index (χ4v) is 3.82. The van der Waals surface area contributed by atoms with Crippen molar-refractivity contribution in [3.05, 3.63) is 59.7 Å². The maximum Gasteiger partial charge on any atom is 0.238 e. The number of rotatable bonds is 6. The van der Waals surface area contributed by atoms with Crippen LogP contribution in [0.5, 0.6) is 0 Å². The van der Waals surface area contributed by atoms with Crippen molar-refractivity contribution < 1.29 is 4.79 Å². The third-order valence-electron chi connectivity index (χ3n) is 5.29. The lowest BCUT2D eigenvalue weighted by molar-refractivity contribution is -0.117. The van der Waals surface area contributed by atoms with Crippen LogP contribution in [0, 0.1) is 0 Å². The van der Waals surface area contributed by atoms with E-state index in [9.17, 15) is 4.79 Å². The van der Waals surface area contributed by atoms with E-state index in [4.69, 9.17) is 12.2 Å². The molecule has 6 heteroatoms. The lowest BCUT2D eigenvalue weighted by Gasteiger charge is -2.35. The van der Waals surface area contributed by atoms with Crippen molar-refractivity contribution in [2.75, 3.05) is 43.4 Å². The highest BCUT2D eigenvalue weighted by Crippen LogP contribution is 2.16. The molecule has 1 aliphatic rings. The summed E-state index contributed by atoms with van der Waals surface area (Å²) in [4.78, 5) is 16.8. The Morgan fingerprint density at radius 3 is 2.45 bits per heavy atom. The molecule has 2 aromatic rings. The quantitative estimate of drug-likeness (QED) is 0.710. The molecule has 0 unspecified atom stereocenters. The highest BCUT2D eigenvalue weighted by atomic mass is 32.1. The van der Waals surface area contributed by atoms with E-state index in [-0.39, 0.29) is 5.91 Å². The minimum absolute atomic E-state index is 0.0384. The van der Waals surface area contributed by atoms with Crippen LogP contribution in [0.1, 0.15) is 25.0 Å². The van der Waals surface area contributed by atoms with E-state index in [0.29, 0.717) is 6.54 Å². The minimum Gasteiger partial charge on any atom is -0.346 e. The molecule has 0 radical (unpaired) electrons. The van der Waals surface area contributed by atoms with Crippen molar-refractivity contribution in [1.82, 2.24) is 9.80 Å². The van der Waals surface area contributed by atoms with Crippen LogP contribution in [0.4, 0.5) is 11.4 Å². The lowest BCUT2D eigenvalue weighted by Crippen LogP contribution is -2.51. The molecule has 1 amide bonds. The van der Waals surface area contributed by atoms with Crippen molar-refractivity contribution in [3.63, 3.8) is 0 Å². The van der Waals surface area contributed by atoms with Crippen LogP contribution >= 0.6 is 12.2 Å². The summed E-state index contributed by atoms with van der Waals surface area (Å²) in [5, 5.41) is 7.15. The number of nitrogens with zero attached hydrogens (tertiary/aromatic N) is 2. The Hall–Kier alpha value is -2.44. The van der Waals surface area contributed by atoms with Crippen LogP contribution in [0.25, 0.3) is 0 Å². The number of thiocarbonyl (C=S) groups is 1. The molecule has 29 heavy (non-hydrogen) atoms. The molecular formula is C23H30N4OS. The van der Waals surface area contributed by atoms with Crippen molar-refractivity contribution in [3.8, 4) is 0 Å². The van der Waals surface area contributed by atoms with Gasteiger partial charge in [0.05, 0.1) is 6.54 Å². The number of anilines is 2. The van der Waals surface area contributed by atoms with E-state index in [2.05, 4.69) is 58.5 Å². The number of hydrogen-bond donors (Lipinski definition) is 2. The van der Waals surface area contributed by atoms with Gasteiger partial charge in [-0.3, -0.25) is 9.69 Å². The zero-order valence-electron chi connectivity index (χ0n) is 17.3. The van der Waals surface area contributed by atoms with E-state index in [0.717, 1.165) is 61.1 Å². The largest absolute Gasteiger partial charge is 0.346 e. The molecule has 1 heterocycles. The van der Waals surface area contributed by atoms with E-state index in [1.807, 2.05) is 24.3 Å². The summed E-state index contributed by atoms with van der Waals surface area (Å²) < 4.78 is 0. The molecule has 3 rings (SSSR count). The van der Waals surface area contributed by atoms with Gasteiger partial charge in [0.15, 0.2) is 5.11 Å². The molecule has 1 fully saturated rings. The summed E-state index contributed by atoms with van der Waals surface area (Å²) in [5.41, 5.74) is 4.40. The molecule has 1 saturated heterocycles. The Morgan fingerprint density at radius 1 is 0.966 bits per heavy atom. The fourth-order valence-electron chi connectivity index (χ4n) is 3.52. The first-order valence-electron chi connectivity index (χ1n) is 10.3. The summed E-state index contributed by atoms with van der Waals surface area (Å²) in [7, 11) is 0. The average molecular weight is 411 g/mol. The molecule has 2 N–H and O–H groups in total. The normalized spacial score (nSPS) is 14.5. The second kappa shape index (κ2) is 10.4. The van der Waals surface area contributed by atoms with Crippen molar-refractivity contribution >= 4 is 34.6 Å². The van der Waals surface area contributed by atoms with E-state index >= 15 is 0 Å². The Kier molecular flexibility index (Phi) is 7.61. The standard InChI is InChI=1S/C23H30N4OS/c1-3-18-8-7-10-20(16-18)24-23(29)27-14-12-26(13-15-27)17-22(28)25-21-11-6-5-9-19(21)4-2/h5-11,16H,3-4,12-15,17H2,1-2H3,(H,24,29)(H,25,28). The molecule has 1 aliphatic heterocycles. The van der Waals surface area contributed by atoms with Crippen LogP contribution in [-0.4, -0.2) is 53.5 Å². The van der Waals surface area contributed by atoms with Crippen molar-refractivity contribution in [2.45, 2.75) is 26.7 Å². The molecule has 0 saturated carbocycles. The van der Waals surface area contributed by atoms with Crippen LogP contribution in [0.15, 0.2) is 48.5 Å². The Balaban J connectivity index is 1.46. The zero-order chi connectivity index (χ0) is 20.6. The van der Waals surface area contributed by atoms with E-state index in [1.54, 1.807) is 0 Å². The maximum atomic E-state index is 12.5. The van der Waals surface area contributed by atoms with Crippen LogP contribution in [-0.2, 0) is 17.6 Å². The molecule has 0 atom stereocenters.